The monoisotopic (exact) mass is 476 g/mol. The molecule has 9 heteroatoms. The molecule has 0 fully saturated rings. The Hall–Kier alpha value is -2.49. The van der Waals surface area contributed by atoms with Crippen LogP contribution in [0.25, 0.3) is 10.2 Å². The van der Waals surface area contributed by atoms with E-state index in [1.807, 2.05) is 10.6 Å². The lowest BCUT2D eigenvalue weighted by Crippen LogP contribution is -2.19. The van der Waals surface area contributed by atoms with Gasteiger partial charge < -0.3 is 14.0 Å². The Morgan fingerprint density at radius 2 is 1.97 bits per heavy atom. The molecule has 2 aromatic carbocycles. The van der Waals surface area contributed by atoms with E-state index in [4.69, 9.17) is 9.47 Å². The SMILES string of the molecule is CCOC(=O)c1ccc2c(c1)sc(=NC(=O)CCCSc1ccc(F)cc1)n2CCOC. The summed E-state index contributed by atoms with van der Waals surface area (Å²) >= 11 is 2.94. The number of hydrogen-bond donors (Lipinski definition) is 0. The van der Waals surface area contributed by atoms with Gasteiger partial charge >= 0.3 is 5.97 Å². The highest BCUT2D eigenvalue weighted by atomic mass is 32.2. The number of thiazole rings is 1. The first-order chi connectivity index (χ1) is 15.5. The average Bonchev–Trinajstić information content (AvgIpc) is 3.12. The minimum atomic E-state index is -0.375. The van der Waals surface area contributed by atoms with Crippen molar-refractivity contribution in [1.29, 1.82) is 0 Å². The van der Waals surface area contributed by atoms with E-state index in [-0.39, 0.29) is 17.7 Å². The largest absolute Gasteiger partial charge is 0.462 e. The molecule has 0 spiro atoms. The summed E-state index contributed by atoms with van der Waals surface area (Å²) in [5.74, 6) is -0.0957. The quantitative estimate of drug-likeness (QED) is 0.242. The summed E-state index contributed by atoms with van der Waals surface area (Å²) in [7, 11) is 1.62. The number of esters is 1. The first-order valence-electron chi connectivity index (χ1n) is 10.3. The molecule has 1 heterocycles. The summed E-state index contributed by atoms with van der Waals surface area (Å²) in [6.07, 6.45) is 0.987. The molecule has 3 aromatic rings. The number of amides is 1. The van der Waals surface area contributed by atoms with Gasteiger partial charge in [-0.25, -0.2) is 9.18 Å². The van der Waals surface area contributed by atoms with Crippen molar-refractivity contribution in [2.45, 2.75) is 31.2 Å². The number of ether oxygens (including phenoxy) is 2. The van der Waals surface area contributed by atoms with E-state index in [0.29, 0.717) is 43.0 Å². The topological polar surface area (TPSA) is 69.9 Å². The molecule has 0 aliphatic heterocycles. The van der Waals surface area contributed by atoms with E-state index in [1.165, 1.54) is 23.5 Å². The van der Waals surface area contributed by atoms with Crippen molar-refractivity contribution in [2.24, 2.45) is 4.99 Å². The van der Waals surface area contributed by atoms with Gasteiger partial charge in [0.1, 0.15) is 5.82 Å². The molecular formula is C23H25FN2O4S2. The molecule has 0 bridgehead atoms. The molecule has 1 aromatic heterocycles. The van der Waals surface area contributed by atoms with Gasteiger partial charge in [0, 0.05) is 25.0 Å². The van der Waals surface area contributed by atoms with Gasteiger partial charge in [0.2, 0.25) is 5.91 Å². The van der Waals surface area contributed by atoms with Crippen LogP contribution >= 0.6 is 23.1 Å². The zero-order valence-electron chi connectivity index (χ0n) is 18.0. The van der Waals surface area contributed by atoms with Crippen molar-refractivity contribution in [3.8, 4) is 0 Å². The van der Waals surface area contributed by atoms with Crippen molar-refractivity contribution < 1.29 is 23.5 Å². The maximum absolute atomic E-state index is 13.0. The van der Waals surface area contributed by atoms with Gasteiger partial charge in [-0.2, -0.15) is 4.99 Å². The highest BCUT2D eigenvalue weighted by molar-refractivity contribution is 7.99. The Balaban J connectivity index is 1.73. The third kappa shape index (κ3) is 6.51. The van der Waals surface area contributed by atoms with Crippen LogP contribution in [0.5, 0.6) is 0 Å². The fraction of sp³-hybridized carbons (Fsp3) is 0.348. The van der Waals surface area contributed by atoms with Gasteiger partial charge in [-0.3, -0.25) is 4.79 Å². The molecule has 0 aliphatic rings. The molecule has 170 valence electrons. The second-order valence-electron chi connectivity index (χ2n) is 6.84. The lowest BCUT2D eigenvalue weighted by molar-refractivity contribution is -0.118. The number of thioether (sulfide) groups is 1. The third-order valence-corrected chi connectivity index (χ3v) is 6.69. The molecule has 0 radical (unpaired) electrons. The maximum Gasteiger partial charge on any atom is 0.338 e. The van der Waals surface area contributed by atoms with Crippen molar-refractivity contribution in [2.75, 3.05) is 26.1 Å². The zero-order chi connectivity index (χ0) is 22.9. The van der Waals surface area contributed by atoms with Crippen LogP contribution in [0.1, 0.15) is 30.1 Å². The molecule has 0 aliphatic carbocycles. The van der Waals surface area contributed by atoms with Crippen LogP contribution in [0.2, 0.25) is 0 Å². The summed E-state index contributed by atoms with van der Waals surface area (Å²) in [5, 5.41) is 0. The number of nitrogens with zero attached hydrogens (tertiary/aromatic N) is 2. The Kier molecular flexibility index (Phi) is 9.01. The van der Waals surface area contributed by atoms with E-state index < -0.39 is 0 Å². The molecular weight excluding hydrogens is 451 g/mol. The van der Waals surface area contributed by atoms with Crippen molar-refractivity contribution in [1.82, 2.24) is 4.57 Å². The first kappa shape index (κ1) is 24.2. The van der Waals surface area contributed by atoms with E-state index in [0.717, 1.165) is 20.9 Å². The van der Waals surface area contributed by atoms with E-state index in [1.54, 1.807) is 50.1 Å². The number of hydrogen-bond acceptors (Lipinski definition) is 6. The van der Waals surface area contributed by atoms with E-state index in [9.17, 15) is 14.0 Å². The molecule has 0 unspecified atom stereocenters. The first-order valence-corrected chi connectivity index (χ1v) is 12.1. The average molecular weight is 477 g/mol. The molecule has 6 nitrogen and oxygen atoms in total. The summed E-state index contributed by atoms with van der Waals surface area (Å²) in [5.41, 5.74) is 1.36. The summed E-state index contributed by atoms with van der Waals surface area (Å²) in [6.45, 7) is 3.09. The molecule has 32 heavy (non-hydrogen) atoms. The van der Waals surface area contributed by atoms with E-state index in [2.05, 4.69) is 4.99 Å². The summed E-state index contributed by atoms with van der Waals surface area (Å²) in [4.78, 5) is 30.4. The highest BCUT2D eigenvalue weighted by Crippen LogP contribution is 2.21. The van der Waals surface area contributed by atoms with Crippen molar-refractivity contribution >= 4 is 45.2 Å². The van der Waals surface area contributed by atoms with Gasteiger partial charge in [-0.05, 0) is 61.6 Å². The van der Waals surface area contributed by atoms with Crippen LogP contribution in [0.3, 0.4) is 0 Å². The molecule has 0 saturated heterocycles. The lowest BCUT2D eigenvalue weighted by atomic mass is 10.2. The normalized spacial score (nSPS) is 11.8. The van der Waals surface area contributed by atoms with Gasteiger partial charge in [-0.1, -0.05) is 11.3 Å². The maximum atomic E-state index is 13.0. The minimum absolute atomic E-state index is 0.201. The molecule has 0 atom stereocenters. The number of methoxy groups -OCH3 is 1. The Labute approximate surface area is 194 Å². The van der Waals surface area contributed by atoms with Crippen LogP contribution in [-0.4, -0.2) is 42.5 Å². The number of carbonyl (C=O) groups excluding carboxylic acids is 2. The zero-order valence-corrected chi connectivity index (χ0v) is 19.6. The van der Waals surface area contributed by atoms with Crippen LogP contribution < -0.4 is 4.80 Å². The number of benzene rings is 2. The van der Waals surface area contributed by atoms with Crippen molar-refractivity contribution in [3.05, 3.63) is 58.6 Å². The Bertz CT molecular complexity index is 1140. The molecule has 0 saturated carbocycles. The fourth-order valence-corrected chi connectivity index (χ4v) is 4.97. The predicted molar refractivity (Wildman–Crippen MR) is 125 cm³/mol. The van der Waals surface area contributed by atoms with Crippen LogP contribution in [0.4, 0.5) is 4.39 Å². The Morgan fingerprint density at radius 1 is 1.19 bits per heavy atom. The van der Waals surface area contributed by atoms with Gasteiger partial charge in [0.05, 0.1) is 29.0 Å². The molecule has 0 N–H and O–H groups in total. The second-order valence-corrected chi connectivity index (χ2v) is 9.02. The fourth-order valence-electron chi connectivity index (χ4n) is 3.01. The third-order valence-electron chi connectivity index (χ3n) is 4.55. The number of aromatic nitrogens is 1. The second kappa shape index (κ2) is 11.9. The molecule has 3 rings (SSSR count). The number of halogens is 1. The number of carbonyl (C=O) groups is 2. The summed E-state index contributed by atoms with van der Waals surface area (Å²) < 4.78 is 26.0. The number of rotatable bonds is 10. The van der Waals surface area contributed by atoms with Crippen LogP contribution in [-0.2, 0) is 20.8 Å². The molecule has 1 amide bonds. The Morgan fingerprint density at radius 3 is 2.69 bits per heavy atom. The van der Waals surface area contributed by atoms with Crippen LogP contribution in [0, 0.1) is 5.82 Å². The van der Waals surface area contributed by atoms with Crippen molar-refractivity contribution in [3.63, 3.8) is 0 Å². The minimum Gasteiger partial charge on any atom is -0.462 e. The predicted octanol–water partition coefficient (Wildman–Crippen LogP) is 4.66. The smallest absolute Gasteiger partial charge is 0.338 e. The lowest BCUT2D eigenvalue weighted by Gasteiger charge is -2.05. The van der Waals surface area contributed by atoms with E-state index >= 15 is 0 Å². The number of fused-ring (bicyclic) bond motifs is 1. The van der Waals surface area contributed by atoms with Gasteiger partial charge in [0.15, 0.2) is 4.80 Å². The van der Waals surface area contributed by atoms with Gasteiger partial charge in [-0.15, -0.1) is 11.8 Å². The summed E-state index contributed by atoms with van der Waals surface area (Å²) in [6, 6.07) is 11.6. The van der Waals surface area contributed by atoms with Gasteiger partial charge in [0.25, 0.3) is 0 Å². The van der Waals surface area contributed by atoms with Crippen LogP contribution in [0.15, 0.2) is 52.4 Å². The standard InChI is InChI=1S/C23H25FN2O4S2/c1-3-30-22(28)16-6-11-19-20(15-16)32-23(26(19)12-13-29-2)25-21(27)5-4-14-31-18-9-7-17(24)8-10-18/h6-11,15H,3-5,12-14H2,1-2H3. The highest BCUT2D eigenvalue weighted by Gasteiger charge is 2.12.